The van der Waals surface area contributed by atoms with Crippen molar-refractivity contribution in [3.05, 3.63) is 70.7 Å². The molecule has 3 heterocycles. The third-order valence-electron chi connectivity index (χ3n) is 7.38. The maximum Gasteiger partial charge on any atom is 0.163 e. The average molecular weight is 490 g/mol. The van der Waals surface area contributed by atoms with Gasteiger partial charge in [-0.25, -0.2) is 4.98 Å². The van der Waals surface area contributed by atoms with Crippen molar-refractivity contribution in [3.8, 4) is 5.75 Å². The summed E-state index contributed by atoms with van der Waals surface area (Å²) in [5, 5.41) is 20.8. The number of aliphatic hydroxyl groups excluding tert-OH is 1. The highest BCUT2D eigenvalue weighted by molar-refractivity contribution is 5.96. The quantitative estimate of drug-likeness (QED) is 0.349. The zero-order valence-electron chi connectivity index (χ0n) is 20.9. The average Bonchev–Trinajstić information content (AvgIpc) is 3.38. The molecular formula is C28H35N5O3. The number of rotatable bonds is 11. The number of β-amino-alcohol motifs (C(OH)–C–C–N with tert-alkyl or cyclic N) is 1. The van der Waals surface area contributed by atoms with Gasteiger partial charge in [-0.1, -0.05) is 6.07 Å². The molecule has 0 amide bonds. The molecule has 0 spiro atoms. The molecule has 0 saturated heterocycles. The van der Waals surface area contributed by atoms with Gasteiger partial charge in [0.25, 0.3) is 0 Å². The number of Topliss-reactive ketones (excluding diaryl/α,β-unsaturated/α-hetero) is 1. The van der Waals surface area contributed by atoms with E-state index in [9.17, 15) is 9.90 Å². The number of aromatic amines is 1. The van der Waals surface area contributed by atoms with Crippen LogP contribution in [-0.2, 0) is 19.6 Å². The second-order valence-electron chi connectivity index (χ2n) is 10.0. The zero-order valence-corrected chi connectivity index (χ0v) is 20.9. The number of nitrogens with zero attached hydrogens (tertiary/aromatic N) is 3. The minimum atomic E-state index is -0.538. The fourth-order valence-electron chi connectivity index (χ4n) is 4.98. The summed E-state index contributed by atoms with van der Waals surface area (Å²) in [6, 6.07) is 8.25. The van der Waals surface area contributed by atoms with E-state index in [0.717, 1.165) is 49.5 Å². The number of hydrogen-bond acceptors (Lipinski definition) is 7. The molecule has 1 fully saturated rings. The smallest absolute Gasteiger partial charge is 0.163 e. The Bertz CT molecular complexity index is 1180. The highest BCUT2D eigenvalue weighted by Gasteiger charge is 2.22. The predicted molar refractivity (Wildman–Crippen MR) is 138 cm³/mol. The predicted octanol–water partition coefficient (Wildman–Crippen LogP) is 4.04. The minimum absolute atomic E-state index is 0.0515. The van der Waals surface area contributed by atoms with Crippen LogP contribution in [0.25, 0.3) is 0 Å². The second kappa shape index (κ2) is 11.2. The van der Waals surface area contributed by atoms with Crippen LogP contribution >= 0.6 is 0 Å². The van der Waals surface area contributed by atoms with Crippen molar-refractivity contribution in [1.29, 1.82) is 0 Å². The van der Waals surface area contributed by atoms with Gasteiger partial charge in [0, 0.05) is 55.6 Å². The second-order valence-corrected chi connectivity index (χ2v) is 10.0. The number of H-pyrrole nitrogens is 1. The minimum Gasteiger partial charge on any atom is -0.489 e. The topological polar surface area (TPSA) is 103 Å². The largest absolute Gasteiger partial charge is 0.489 e. The van der Waals surface area contributed by atoms with Gasteiger partial charge in [0.1, 0.15) is 18.2 Å². The molecule has 3 aromatic rings. The van der Waals surface area contributed by atoms with E-state index in [1.165, 1.54) is 23.1 Å². The van der Waals surface area contributed by atoms with E-state index in [0.29, 0.717) is 37.6 Å². The molecule has 0 unspecified atom stereocenters. The lowest BCUT2D eigenvalue weighted by Gasteiger charge is -2.31. The van der Waals surface area contributed by atoms with Crippen molar-refractivity contribution in [1.82, 2.24) is 20.1 Å². The Hall–Kier alpha value is -3.23. The number of fused-ring (bicyclic) bond motifs is 1. The van der Waals surface area contributed by atoms with Gasteiger partial charge in [0.15, 0.2) is 5.78 Å². The molecule has 1 aromatic carbocycles. The van der Waals surface area contributed by atoms with Crippen LogP contribution in [0.15, 0.2) is 42.9 Å². The van der Waals surface area contributed by atoms with Gasteiger partial charge in [0.2, 0.25) is 0 Å². The van der Waals surface area contributed by atoms with Crippen LogP contribution in [0.2, 0.25) is 0 Å². The van der Waals surface area contributed by atoms with Crippen molar-refractivity contribution in [2.45, 2.75) is 70.7 Å². The molecular weight excluding hydrogens is 454 g/mol. The number of carbonyl (C=O) groups excluding carboxylic acids is 1. The summed E-state index contributed by atoms with van der Waals surface area (Å²) >= 11 is 0. The number of benzene rings is 1. The molecule has 5 rings (SSSR count). The molecule has 1 aliphatic heterocycles. The summed E-state index contributed by atoms with van der Waals surface area (Å²) in [4.78, 5) is 19.3. The van der Waals surface area contributed by atoms with Crippen molar-refractivity contribution >= 4 is 11.6 Å². The number of nitrogens with one attached hydrogen (secondary N) is 2. The molecule has 190 valence electrons. The lowest BCUT2D eigenvalue weighted by Crippen LogP contribution is -2.37. The highest BCUT2D eigenvalue weighted by atomic mass is 16.5. The standard InChI is InChI=1S/C28H35N5O3/c1-19-25-10-12-33(16-22(25)5-8-27(19)36-18-20-14-30-31-15-20)17-24(34)6-7-26(35)21-9-11-29-28(13-21)32-23-3-2-4-23/h5,8-9,11,13-15,23-24,34H,2-4,6-7,10,12,16-18H2,1H3,(H,29,32)(H,30,31)/t24-/m0/s1. The Labute approximate surface area is 212 Å². The first-order valence-corrected chi connectivity index (χ1v) is 12.9. The van der Waals surface area contributed by atoms with E-state index >= 15 is 0 Å². The molecule has 1 saturated carbocycles. The van der Waals surface area contributed by atoms with Crippen molar-refractivity contribution < 1.29 is 14.6 Å². The summed E-state index contributed by atoms with van der Waals surface area (Å²) in [6.07, 6.45) is 10.0. The summed E-state index contributed by atoms with van der Waals surface area (Å²) in [5.41, 5.74) is 5.48. The van der Waals surface area contributed by atoms with Crippen molar-refractivity contribution in [2.24, 2.45) is 0 Å². The normalized spacial score (nSPS) is 16.7. The maximum atomic E-state index is 12.7. The number of carbonyl (C=O) groups is 1. The lowest BCUT2D eigenvalue weighted by molar-refractivity contribution is 0.0836. The van der Waals surface area contributed by atoms with Crippen LogP contribution in [-0.4, -0.2) is 56.2 Å². The van der Waals surface area contributed by atoms with E-state index in [1.807, 2.05) is 18.3 Å². The summed E-state index contributed by atoms with van der Waals surface area (Å²) < 4.78 is 6.01. The molecule has 36 heavy (non-hydrogen) atoms. The van der Waals surface area contributed by atoms with Crippen LogP contribution in [0.1, 0.15) is 64.7 Å². The third kappa shape index (κ3) is 5.94. The van der Waals surface area contributed by atoms with Gasteiger partial charge in [0.05, 0.1) is 12.3 Å². The molecule has 0 bridgehead atoms. The van der Waals surface area contributed by atoms with E-state index in [2.05, 4.69) is 38.4 Å². The molecule has 0 radical (unpaired) electrons. The number of aromatic nitrogens is 3. The zero-order chi connectivity index (χ0) is 24.9. The van der Waals surface area contributed by atoms with Crippen LogP contribution < -0.4 is 10.1 Å². The van der Waals surface area contributed by atoms with E-state index in [-0.39, 0.29) is 5.78 Å². The summed E-state index contributed by atoms with van der Waals surface area (Å²) in [6.45, 7) is 4.85. The first-order valence-electron chi connectivity index (χ1n) is 12.9. The monoisotopic (exact) mass is 489 g/mol. The first-order chi connectivity index (χ1) is 17.5. The number of ether oxygens (including phenoxy) is 1. The Kier molecular flexibility index (Phi) is 7.63. The fraction of sp³-hybridized carbons (Fsp3) is 0.464. The van der Waals surface area contributed by atoms with Crippen LogP contribution in [0.3, 0.4) is 0 Å². The van der Waals surface area contributed by atoms with Gasteiger partial charge < -0.3 is 15.2 Å². The van der Waals surface area contributed by atoms with Crippen LogP contribution in [0.5, 0.6) is 5.75 Å². The van der Waals surface area contributed by atoms with E-state index in [4.69, 9.17) is 4.74 Å². The molecule has 3 N–H and O–H groups in total. The fourth-order valence-corrected chi connectivity index (χ4v) is 4.98. The van der Waals surface area contributed by atoms with Gasteiger partial charge in [-0.2, -0.15) is 5.10 Å². The maximum absolute atomic E-state index is 12.7. The highest BCUT2D eigenvalue weighted by Crippen LogP contribution is 2.30. The molecule has 2 aromatic heterocycles. The number of anilines is 1. The van der Waals surface area contributed by atoms with Crippen LogP contribution in [0.4, 0.5) is 5.82 Å². The van der Waals surface area contributed by atoms with E-state index < -0.39 is 6.10 Å². The number of ketones is 1. The molecule has 1 atom stereocenters. The Morgan fingerprint density at radius 3 is 3.00 bits per heavy atom. The van der Waals surface area contributed by atoms with Gasteiger partial charge >= 0.3 is 0 Å². The van der Waals surface area contributed by atoms with Crippen molar-refractivity contribution in [3.63, 3.8) is 0 Å². The molecule has 2 aliphatic rings. The molecule has 8 heteroatoms. The van der Waals surface area contributed by atoms with E-state index in [1.54, 1.807) is 18.5 Å². The number of hydrogen-bond donors (Lipinski definition) is 3. The Balaban J connectivity index is 1.10. The Morgan fingerprint density at radius 1 is 1.33 bits per heavy atom. The SMILES string of the molecule is Cc1c(OCc2cn[nH]c2)ccc2c1CCN(C[C@@H](O)CCC(=O)c1ccnc(NC3CCC3)c1)C2. The number of aliphatic hydroxyl groups is 1. The lowest BCUT2D eigenvalue weighted by atomic mass is 9.93. The first kappa shape index (κ1) is 24.5. The third-order valence-corrected chi connectivity index (χ3v) is 7.38. The molecule has 1 aliphatic carbocycles. The van der Waals surface area contributed by atoms with Gasteiger partial charge in [-0.05, 0) is 73.9 Å². The number of pyridine rings is 1. The van der Waals surface area contributed by atoms with Crippen molar-refractivity contribution in [2.75, 3.05) is 18.4 Å². The van der Waals surface area contributed by atoms with Crippen LogP contribution in [0, 0.1) is 6.92 Å². The summed E-state index contributed by atoms with van der Waals surface area (Å²) in [7, 11) is 0. The molecule has 8 nitrogen and oxygen atoms in total. The summed E-state index contributed by atoms with van der Waals surface area (Å²) in [5.74, 6) is 1.73. The Morgan fingerprint density at radius 2 is 2.22 bits per heavy atom. The van der Waals surface area contributed by atoms with Gasteiger partial charge in [-0.15, -0.1) is 0 Å². The van der Waals surface area contributed by atoms with Gasteiger partial charge in [-0.3, -0.25) is 14.8 Å².